The van der Waals surface area contributed by atoms with Crippen LogP contribution in [0.5, 0.6) is 0 Å². The maximum absolute atomic E-state index is 13.7. The topological polar surface area (TPSA) is 71.1 Å². The van der Waals surface area contributed by atoms with Gasteiger partial charge in [0.25, 0.3) is 0 Å². The number of hydrogen-bond donors (Lipinski definition) is 2. The van der Waals surface area contributed by atoms with Crippen molar-refractivity contribution in [3.63, 3.8) is 0 Å². The van der Waals surface area contributed by atoms with Gasteiger partial charge in [0.2, 0.25) is 11.8 Å². The predicted octanol–water partition coefficient (Wildman–Crippen LogP) is 1.52. The van der Waals surface area contributed by atoms with E-state index in [1.54, 1.807) is 12.4 Å². The van der Waals surface area contributed by atoms with Crippen molar-refractivity contribution in [2.75, 3.05) is 0 Å². The summed E-state index contributed by atoms with van der Waals surface area (Å²) in [5.41, 5.74) is 1.20. The van der Waals surface area contributed by atoms with Crippen LogP contribution in [0.3, 0.4) is 0 Å². The monoisotopic (exact) mass is 345 g/mol. The average molecular weight is 345 g/mol. The van der Waals surface area contributed by atoms with Crippen LogP contribution in [-0.4, -0.2) is 28.9 Å². The lowest BCUT2D eigenvalue weighted by atomic mass is 9.98. The molecule has 1 aromatic heterocycles. The molecule has 0 radical (unpaired) electrons. The molecule has 0 aliphatic carbocycles. The van der Waals surface area contributed by atoms with Crippen molar-refractivity contribution in [3.8, 4) is 0 Å². The molecule has 25 heavy (non-hydrogen) atoms. The number of nitrogens with zero attached hydrogens (tertiary/aromatic N) is 1. The third kappa shape index (κ3) is 4.17. The van der Waals surface area contributed by atoms with Crippen molar-refractivity contribution in [1.29, 1.82) is 0 Å². The number of hydrogen-bond acceptors (Lipinski definition) is 3. The third-order valence-corrected chi connectivity index (χ3v) is 4.18. The Balaban J connectivity index is 1.60. The minimum Gasteiger partial charge on any atom is -0.342 e. The summed E-state index contributed by atoms with van der Waals surface area (Å²) >= 11 is 0. The van der Waals surface area contributed by atoms with Gasteiger partial charge < -0.3 is 10.6 Å². The van der Waals surface area contributed by atoms with E-state index in [2.05, 4.69) is 15.6 Å². The van der Waals surface area contributed by atoms with E-state index < -0.39 is 23.7 Å². The van der Waals surface area contributed by atoms with Gasteiger partial charge in [-0.1, -0.05) is 6.07 Å². The molecule has 1 unspecified atom stereocenters. The van der Waals surface area contributed by atoms with Crippen LogP contribution in [0.1, 0.15) is 17.5 Å². The van der Waals surface area contributed by atoms with Crippen LogP contribution in [0, 0.1) is 11.6 Å². The number of carbonyl (C=O) groups excluding carboxylic acids is 2. The number of halogens is 2. The van der Waals surface area contributed by atoms with Gasteiger partial charge in [-0.3, -0.25) is 14.6 Å². The van der Waals surface area contributed by atoms with Crippen LogP contribution in [0.25, 0.3) is 0 Å². The van der Waals surface area contributed by atoms with E-state index in [9.17, 15) is 18.4 Å². The SMILES string of the molecule is O=C1N[C@@H](Cc2ccc(F)cc2F)C(=O)NC1CCc1ccncc1. The molecule has 7 heteroatoms. The molecule has 2 N–H and O–H groups in total. The normalized spacial score (nSPS) is 20.1. The number of benzene rings is 1. The van der Waals surface area contributed by atoms with Crippen LogP contribution >= 0.6 is 0 Å². The smallest absolute Gasteiger partial charge is 0.243 e. The minimum absolute atomic E-state index is 0.0270. The Morgan fingerprint density at radius 2 is 1.64 bits per heavy atom. The molecule has 3 rings (SSSR count). The molecule has 0 spiro atoms. The van der Waals surface area contributed by atoms with Crippen molar-refractivity contribution in [2.24, 2.45) is 0 Å². The van der Waals surface area contributed by atoms with Crippen LogP contribution in [0.2, 0.25) is 0 Å². The van der Waals surface area contributed by atoms with Gasteiger partial charge >= 0.3 is 0 Å². The molecule has 1 aliphatic heterocycles. The molecule has 1 aliphatic rings. The maximum atomic E-state index is 13.7. The van der Waals surface area contributed by atoms with Crippen molar-refractivity contribution >= 4 is 11.8 Å². The second-order valence-corrected chi connectivity index (χ2v) is 5.96. The van der Waals surface area contributed by atoms with Crippen LogP contribution in [0.4, 0.5) is 8.78 Å². The summed E-state index contributed by atoms with van der Waals surface area (Å²) in [6, 6.07) is 5.36. The Morgan fingerprint density at radius 1 is 0.960 bits per heavy atom. The highest BCUT2D eigenvalue weighted by molar-refractivity contribution is 5.97. The van der Waals surface area contributed by atoms with Crippen LogP contribution < -0.4 is 10.6 Å². The molecule has 1 fully saturated rings. The second-order valence-electron chi connectivity index (χ2n) is 5.96. The summed E-state index contributed by atoms with van der Waals surface area (Å²) in [4.78, 5) is 28.3. The summed E-state index contributed by atoms with van der Waals surface area (Å²) in [7, 11) is 0. The molecule has 1 aromatic carbocycles. The van der Waals surface area contributed by atoms with E-state index in [0.29, 0.717) is 12.8 Å². The van der Waals surface area contributed by atoms with Gasteiger partial charge in [0.1, 0.15) is 23.7 Å². The summed E-state index contributed by atoms with van der Waals surface area (Å²) in [6.45, 7) is 0. The fourth-order valence-electron chi connectivity index (χ4n) is 2.79. The zero-order valence-electron chi connectivity index (χ0n) is 13.3. The highest BCUT2D eigenvalue weighted by atomic mass is 19.1. The van der Waals surface area contributed by atoms with Gasteiger partial charge in [-0.05, 0) is 42.2 Å². The quantitative estimate of drug-likeness (QED) is 0.863. The first-order chi connectivity index (χ1) is 12.0. The second kappa shape index (κ2) is 7.38. The van der Waals surface area contributed by atoms with Gasteiger partial charge in [0.15, 0.2) is 0 Å². The fraction of sp³-hybridized carbons (Fsp3) is 0.278. The van der Waals surface area contributed by atoms with Gasteiger partial charge in [0, 0.05) is 24.9 Å². The molecular formula is C18H17F2N3O2. The molecule has 0 saturated carbocycles. The van der Waals surface area contributed by atoms with E-state index >= 15 is 0 Å². The Bertz CT molecular complexity index is 783. The molecule has 130 valence electrons. The average Bonchev–Trinajstić information content (AvgIpc) is 2.60. The van der Waals surface area contributed by atoms with E-state index in [1.807, 2.05) is 12.1 Å². The van der Waals surface area contributed by atoms with Crippen molar-refractivity contribution < 1.29 is 18.4 Å². The number of pyridine rings is 1. The van der Waals surface area contributed by atoms with Gasteiger partial charge in [0.05, 0.1) is 0 Å². The molecule has 1 saturated heterocycles. The van der Waals surface area contributed by atoms with Crippen molar-refractivity contribution in [2.45, 2.75) is 31.3 Å². The lowest BCUT2D eigenvalue weighted by Crippen LogP contribution is -2.62. The van der Waals surface area contributed by atoms with Crippen molar-refractivity contribution in [1.82, 2.24) is 15.6 Å². The largest absolute Gasteiger partial charge is 0.342 e. The molecule has 5 nitrogen and oxygen atoms in total. The van der Waals surface area contributed by atoms with Crippen molar-refractivity contribution in [3.05, 3.63) is 65.5 Å². The molecule has 2 heterocycles. The van der Waals surface area contributed by atoms with Gasteiger partial charge in [-0.15, -0.1) is 0 Å². The summed E-state index contributed by atoms with van der Waals surface area (Å²) in [5, 5.41) is 5.29. The number of nitrogens with one attached hydrogen (secondary N) is 2. The molecule has 2 atom stereocenters. The first-order valence-corrected chi connectivity index (χ1v) is 7.96. The fourth-order valence-corrected chi connectivity index (χ4v) is 2.79. The highest BCUT2D eigenvalue weighted by Crippen LogP contribution is 2.14. The Morgan fingerprint density at radius 3 is 2.36 bits per heavy atom. The highest BCUT2D eigenvalue weighted by Gasteiger charge is 2.33. The summed E-state index contributed by atoms with van der Waals surface area (Å²) in [6.07, 6.45) is 4.39. The third-order valence-electron chi connectivity index (χ3n) is 4.18. The maximum Gasteiger partial charge on any atom is 0.243 e. The zero-order chi connectivity index (χ0) is 17.8. The lowest BCUT2D eigenvalue weighted by Gasteiger charge is -2.29. The van der Waals surface area contributed by atoms with E-state index in [0.717, 1.165) is 17.7 Å². The molecule has 2 aromatic rings. The Kier molecular flexibility index (Phi) is 5.02. The molecule has 0 bridgehead atoms. The molecular weight excluding hydrogens is 328 g/mol. The number of aromatic nitrogens is 1. The summed E-state index contributed by atoms with van der Waals surface area (Å²) in [5.74, 6) is -2.10. The number of rotatable bonds is 5. The number of carbonyl (C=O) groups is 2. The number of amides is 2. The van der Waals surface area contributed by atoms with Crippen LogP contribution in [-0.2, 0) is 22.4 Å². The standard InChI is InChI=1S/C18H17F2N3O2/c19-13-3-2-12(14(20)10-13)9-16-18(25)22-15(17(24)23-16)4-1-11-5-7-21-8-6-11/h2-3,5-8,10,15-16H,1,4,9H2,(H,22,25)(H,23,24)/t15?,16-/m0/s1. The van der Waals surface area contributed by atoms with Gasteiger partial charge in [-0.25, -0.2) is 8.78 Å². The Labute approximate surface area is 143 Å². The Hall–Kier alpha value is -2.83. The lowest BCUT2D eigenvalue weighted by molar-refractivity contribution is -0.136. The van der Waals surface area contributed by atoms with E-state index in [-0.39, 0.29) is 23.8 Å². The van der Waals surface area contributed by atoms with E-state index in [1.165, 1.54) is 6.07 Å². The number of aryl methyl sites for hydroxylation is 1. The first kappa shape index (κ1) is 17.0. The number of piperazine rings is 1. The molecule has 2 amide bonds. The van der Waals surface area contributed by atoms with Crippen LogP contribution in [0.15, 0.2) is 42.7 Å². The zero-order valence-corrected chi connectivity index (χ0v) is 13.3. The predicted molar refractivity (Wildman–Crippen MR) is 86.5 cm³/mol. The minimum atomic E-state index is -0.871. The summed E-state index contributed by atoms with van der Waals surface area (Å²) < 4.78 is 26.7. The first-order valence-electron chi connectivity index (χ1n) is 7.96. The van der Waals surface area contributed by atoms with Gasteiger partial charge in [-0.2, -0.15) is 0 Å². The van der Waals surface area contributed by atoms with E-state index in [4.69, 9.17) is 0 Å².